The smallest absolute Gasteiger partial charge is 0.303 e. The molecule has 0 aliphatic heterocycles. The average molecular weight is 537 g/mol. The molecule has 0 spiro atoms. The molecule has 0 radical (unpaired) electrons. The van der Waals surface area contributed by atoms with Crippen molar-refractivity contribution in [3.8, 4) is 0 Å². The van der Waals surface area contributed by atoms with Gasteiger partial charge in [-0.15, -0.1) is 0 Å². The van der Waals surface area contributed by atoms with E-state index in [0.29, 0.717) is 30.8 Å². The van der Waals surface area contributed by atoms with Gasteiger partial charge in [0.1, 0.15) is 0 Å². The molecule has 3 rings (SSSR count). The van der Waals surface area contributed by atoms with E-state index in [0.717, 1.165) is 11.1 Å². The van der Waals surface area contributed by atoms with Crippen LogP contribution in [0.15, 0.2) is 77.7 Å². The summed E-state index contributed by atoms with van der Waals surface area (Å²) in [5.74, 6) is 1.02. The quantitative estimate of drug-likeness (QED) is 0.0996. The van der Waals surface area contributed by atoms with Gasteiger partial charge in [0, 0.05) is 29.4 Å². The Labute approximate surface area is 231 Å². The largest absolute Gasteiger partial charge is 0.449 e. The summed E-state index contributed by atoms with van der Waals surface area (Å²) in [5.41, 5.74) is 5.10. The Hall–Kier alpha value is -2.21. The van der Waals surface area contributed by atoms with E-state index in [-0.39, 0.29) is 5.97 Å². The van der Waals surface area contributed by atoms with E-state index in [1.165, 1.54) is 39.6 Å². The summed E-state index contributed by atoms with van der Waals surface area (Å²) in [5, 5.41) is 0. The Morgan fingerprint density at radius 2 is 1.27 bits per heavy atom. The van der Waals surface area contributed by atoms with Crippen LogP contribution in [0, 0.1) is 0 Å². The summed E-state index contributed by atoms with van der Waals surface area (Å²) >= 11 is 1.41. The van der Waals surface area contributed by atoms with Gasteiger partial charge >= 0.3 is 5.97 Å². The van der Waals surface area contributed by atoms with Gasteiger partial charge in [-0.2, -0.15) is 0 Å². The maximum Gasteiger partial charge on any atom is 0.303 e. The lowest BCUT2D eigenvalue weighted by atomic mass is 9.83. The number of ether oxygens (including phenoxy) is 1. The van der Waals surface area contributed by atoms with Crippen LogP contribution < -0.4 is 0 Å². The van der Waals surface area contributed by atoms with Crippen molar-refractivity contribution in [3.63, 3.8) is 0 Å². The van der Waals surface area contributed by atoms with Crippen molar-refractivity contribution in [2.45, 2.75) is 83.1 Å². The van der Waals surface area contributed by atoms with Crippen molar-refractivity contribution in [1.82, 2.24) is 0 Å². The molecule has 3 nitrogen and oxygen atoms in total. The van der Waals surface area contributed by atoms with Gasteiger partial charge in [0.05, 0.1) is 17.7 Å². The molecule has 37 heavy (non-hydrogen) atoms. The van der Waals surface area contributed by atoms with Crippen molar-refractivity contribution < 1.29 is 13.7 Å². The monoisotopic (exact) mass is 536 g/mol. The summed E-state index contributed by atoms with van der Waals surface area (Å²) in [6, 6.07) is 24.6. The molecule has 0 heterocycles. The average Bonchev–Trinajstić information content (AvgIpc) is 2.88. The molecular formula is C32H40O3S2. The van der Waals surface area contributed by atoms with Gasteiger partial charge in [-0.05, 0) is 45.2 Å². The summed E-state index contributed by atoms with van der Waals surface area (Å²) in [4.78, 5) is 13.6. The second-order valence-electron chi connectivity index (χ2n) is 10.4. The summed E-state index contributed by atoms with van der Waals surface area (Å²) < 4.78 is 12.2. The van der Waals surface area contributed by atoms with Crippen LogP contribution in [0.2, 0.25) is 0 Å². The van der Waals surface area contributed by atoms with Crippen molar-refractivity contribution in [3.05, 3.63) is 101 Å². The lowest BCUT2D eigenvalue weighted by Crippen LogP contribution is -2.34. The first kappa shape index (κ1) is 29.3. The van der Waals surface area contributed by atoms with E-state index in [2.05, 4.69) is 53.7 Å². The first-order chi connectivity index (χ1) is 17.7. The molecule has 0 saturated heterocycles. The molecule has 0 aromatic heterocycles. The maximum atomic E-state index is 12.3. The van der Waals surface area contributed by atoms with E-state index in [1.807, 2.05) is 60.7 Å². The number of rotatable bonds is 12. The Balaban J connectivity index is 1.82. The van der Waals surface area contributed by atoms with E-state index >= 15 is 0 Å². The molecule has 0 unspecified atom stereocenters. The number of carbonyl (C=O) groups is 1. The minimum atomic E-state index is -0.912. The third-order valence-corrected chi connectivity index (χ3v) is 8.54. The first-order valence-corrected chi connectivity index (χ1v) is 15.2. The molecule has 0 atom stereocenters. The van der Waals surface area contributed by atoms with Crippen LogP contribution in [0.4, 0.5) is 0 Å². The molecule has 0 amide bonds. The maximum absolute atomic E-state index is 12.3. The van der Waals surface area contributed by atoms with E-state index in [1.54, 1.807) is 10.8 Å². The molecule has 0 N–H and O–H groups in total. The molecule has 0 bridgehead atoms. The van der Waals surface area contributed by atoms with Crippen molar-refractivity contribution >= 4 is 27.8 Å². The highest BCUT2D eigenvalue weighted by Gasteiger charge is 2.37. The third kappa shape index (κ3) is 7.43. The fourth-order valence-electron chi connectivity index (χ4n) is 4.55. The molecule has 3 aromatic carbocycles. The van der Waals surface area contributed by atoms with Gasteiger partial charge in [-0.1, -0.05) is 114 Å². The van der Waals surface area contributed by atoms with Gasteiger partial charge in [0.25, 0.3) is 0 Å². The number of carbonyl (C=O) groups excluding carboxylic acids is 1. The molecule has 5 heteroatoms. The predicted octanol–water partition coefficient (Wildman–Crippen LogP) is 9.63. The second-order valence-corrected chi connectivity index (χ2v) is 12.2. The minimum Gasteiger partial charge on any atom is -0.449 e. The topological polar surface area (TPSA) is 35.5 Å². The van der Waals surface area contributed by atoms with Crippen LogP contribution in [0.3, 0.4) is 0 Å². The third-order valence-electron chi connectivity index (χ3n) is 6.58. The standard InChI is InChI=1S/C32H40O3S2/c1-22(2)26-20-29(23(3)4)31(30(21-26)24(5)6)36-37-34-19-18-32(35-25(7)33,27-14-10-8-11-15-27)28-16-12-9-13-17-28/h8-17,20-24H,18-19H2,1-7H3. The lowest BCUT2D eigenvalue weighted by molar-refractivity contribution is -0.155. The van der Waals surface area contributed by atoms with Crippen LogP contribution in [-0.2, 0) is 19.3 Å². The fraction of sp³-hybridized carbons (Fsp3) is 0.406. The summed E-state index contributed by atoms with van der Waals surface area (Å²) in [7, 11) is 1.69. The second kappa shape index (κ2) is 13.5. The van der Waals surface area contributed by atoms with Crippen molar-refractivity contribution in [2.24, 2.45) is 0 Å². The van der Waals surface area contributed by atoms with Crippen molar-refractivity contribution in [2.75, 3.05) is 6.61 Å². The molecule has 0 saturated carbocycles. The normalized spacial score (nSPS) is 11.9. The zero-order chi connectivity index (χ0) is 27.0. The van der Waals surface area contributed by atoms with Crippen LogP contribution in [0.25, 0.3) is 0 Å². The Kier molecular flexibility index (Phi) is 10.7. The zero-order valence-corrected chi connectivity index (χ0v) is 24.7. The number of benzene rings is 3. The molecule has 0 fully saturated rings. The number of esters is 1. The highest BCUT2D eigenvalue weighted by Crippen LogP contribution is 2.44. The Bertz CT molecular complexity index is 1070. The zero-order valence-electron chi connectivity index (χ0n) is 23.1. The highest BCUT2D eigenvalue weighted by molar-refractivity contribution is 8.74. The van der Waals surface area contributed by atoms with Crippen LogP contribution >= 0.6 is 21.9 Å². The van der Waals surface area contributed by atoms with Gasteiger partial charge in [0.15, 0.2) is 5.60 Å². The van der Waals surface area contributed by atoms with Crippen LogP contribution in [-0.4, -0.2) is 12.6 Å². The highest BCUT2D eigenvalue weighted by atomic mass is 33.1. The van der Waals surface area contributed by atoms with E-state index in [4.69, 9.17) is 8.92 Å². The van der Waals surface area contributed by atoms with Gasteiger partial charge in [-0.25, -0.2) is 0 Å². The van der Waals surface area contributed by atoms with Gasteiger partial charge in [0.2, 0.25) is 0 Å². The molecular weight excluding hydrogens is 496 g/mol. The van der Waals surface area contributed by atoms with Crippen LogP contribution in [0.5, 0.6) is 0 Å². The molecule has 3 aromatic rings. The minimum absolute atomic E-state index is 0.317. The molecule has 198 valence electrons. The van der Waals surface area contributed by atoms with Crippen LogP contribution in [0.1, 0.15) is 100 Å². The van der Waals surface area contributed by atoms with E-state index < -0.39 is 5.60 Å². The van der Waals surface area contributed by atoms with Gasteiger partial charge < -0.3 is 8.92 Å². The Morgan fingerprint density at radius 1 is 0.784 bits per heavy atom. The van der Waals surface area contributed by atoms with E-state index in [9.17, 15) is 4.79 Å². The van der Waals surface area contributed by atoms with Crippen molar-refractivity contribution in [1.29, 1.82) is 0 Å². The predicted molar refractivity (Wildman–Crippen MR) is 158 cm³/mol. The molecule has 0 aliphatic carbocycles. The SMILES string of the molecule is CC(=O)OC(CCOSSc1c(C(C)C)cc(C(C)C)cc1C(C)C)(c1ccccc1)c1ccccc1. The lowest BCUT2D eigenvalue weighted by Gasteiger charge is -2.34. The number of hydrogen-bond acceptors (Lipinski definition) is 5. The summed E-state index contributed by atoms with van der Waals surface area (Å²) in [6.45, 7) is 15.4. The van der Waals surface area contributed by atoms with Gasteiger partial charge in [-0.3, -0.25) is 4.79 Å². The molecule has 0 aliphatic rings. The number of hydrogen-bond donors (Lipinski definition) is 0. The fourth-order valence-corrected chi connectivity index (χ4v) is 6.73. The Morgan fingerprint density at radius 3 is 1.68 bits per heavy atom. The summed E-state index contributed by atoms with van der Waals surface area (Å²) in [6.07, 6.45) is 0.508. The first-order valence-electron chi connectivity index (χ1n) is 13.1.